The van der Waals surface area contributed by atoms with Crippen LogP contribution in [0.5, 0.6) is 5.75 Å². The monoisotopic (exact) mass is 498 g/mol. The lowest BCUT2D eigenvalue weighted by atomic mass is 10.0. The highest BCUT2D eigenvalue weighted by atomic mass is 16.4. The minimum Gasteiger partial charge on any atom is -0.508 e. The molecule has 6 atom stereocenters. The third-order valence-corrected chi connectivity index (χ3v) is 4.85. The molecule has 0 aliphatic rings. The van der Waals surface area contributed by atoms with Crippen LogP contribution in [0.4, 0.5) is 0 Å². The van der Waals surface area contributed by atoms with E-state index in [9.17, 15) is 39.3 Å². The lowest BCUT2D eigenvalue weighted by Gasteiger charge is -2.27. The van der Waals surface area contributed by atoms with Crippen LogP contribution in [0.2, 0.25) is 0 Å². The second kappa shape index (κ2) is 13.2. The molecule has 0 bridgehead atoms. The van der Waals surface area contributed by atoms with Crippen molar-refractivity contribution in [3.8, 4) is 5.75 Å². The lowest BCUT2D eigenvalue weighted by Crippen LogP contribution is -2.61. The third-order valence-electron chi connectivity index (χ3n) is 4.85. The number of carbonyl (C=O) groups is 5. The fraction of sp³-hybridized carbons (Fsp3) is 0.476. The number of hydrogen-bond donors (Lipinski definition) is 9. The first-order valence-corrected chi connectivity index (χ1v) is 10.5. The first-order valence-electron chi connectivity index (χ1n) is 10.5. The molecule has 0 aliphatic carbocycles. The van der Waals surface area contributed by atoms with E-state index in [1.54, 1.807) is 0 Å². The van der Waals surface area contributed by atoms with Gasteiger partial charge >= 0.3 is 11.9 Å². The van der Waals surface area contributed by atoms with E-state index in [4.69, 9.17) is 15.9 Å². The number of carboxylic acid groups (broad SMARTS) is 2. The van der Waals surface area contributed by atoms with Gasteiger partial charge in [0.1, 0.15) is 17.8 Å². The van der Waals surface area contributed by atoms with Crippen LogP contribution in [0, 0.1) is 0 Å². The van der Waals surface area contributed by atoms with Crippen molar-refractivity contribution >= 4 is 29.7 Å². The second-order valence-corrected chi connectivity index (χ2v) is 7.93. The molecule has 6 unspecified atom stereocenters. The molecule has 0 saturated heterocycles. The zero-order valence-electron chi connectivity index (χ0n) is 19.0. The van der Waals surface area contributed by atoms with Crippen LogP contribution in [0.1, 0.15) is 25.8 Å². The fourth-order valence-corrected chi connectivity index (χ4v) is 2.93. The Bertz CT molecular complexity index is 919. The number of aromatic hydroxyl groups is 1. The zero-order chi connectivity index (χ0) is 26.9. The maximum absolute atomic E-state index is 13.0. The second-order valence-electron chi connectivity index (χ2n) is 7.93. The van der Waals surface area contributed by atoms with Gasteiger partial charge in [0, 0.05) is 6.42 Å². The summed E-state index contributed by atoms with van der Waals surface area (Å²) in [7, 11) is 0. The van der Waals surface area contributed by atoms with Crippen molar-refractivity contribution in [2.75, 3.05) is 0 Å². The van der Waals surface area contributed by atoms with Gasteiger partial charge in [-0.3, -0.25) is 19.2 Å². The molecule has 0 saturated carbocycles. The Morgan fingerprint density at radius 3 is 1.80 bits per heavy atom. The molecule has 1 aromatic carbocycles. The number of aliphatic carboxylic acids is 2. The highest BCUT2D eigenvalue weighted by Gasteiger charge is 2.34. The van der Waals surface area contributed by atoms with Crippen LogP contribution >= 0.6 is 0 Å². The Kier molecular flexibility index (Phi) is 11.1. The molecule has 194 valence electrons. The number of rotatable bonds is 13. The molecule has 1 rings (SSSR count). The Hall–Kier alpha value is -3.75. The Balaban J connectivity index is 3.12. The molecule has 0 spiro atoms. The number of aliphatic hydroxyl groups is 2. The average molecular weight is 498 g/mol. The van der Waals surface area contributed by atoms with Gasteiger partial charge in [0.05, 0.1) is 24.7 Å². The lowest BCUT2D eigenvalue weighted by molar-refractivity contribution is -0.146. The van der Waals surface area contributed by atoms with E-state index in [1.807, 2.05) is 5.32 Å². The van der Waals surface area contributed by atoms with Crippen LogP contribution in [0.3, 0.4) is 0 Å². The zero-order valence-corrected chi connectivity index (χ0v) is 19.0. The van der Waals surface area contributed by atoms with Crippen molar-refractivity contribution < 1.29 is 49.5 Å². The topological polar surface area (TPSA) is 249 Å². The van der Waals surface area contributed by atoms with E-state index in [2.05, 4.69) is 10.6 Å². The number of hydrogen-bond acceptors (Lipinski definition) is 9. The van der Waals surface area contributed by atoms with Crippen LogP contribution in [-0.4, -0.2) is 91.6 Å². The summed E-state index contributed by atoms with van der Waals surface area (Å²) in [5.74, 6) is -6.00. The molecule has 0 radical (unpaired) electrons. The molecule has 0 aromatic heterocycles. The van der Waals surface area contributed by atoms with Crippen molar-refractivity contribution in [3.63, 3.8) is 0 Å². The molecule has 0 fully saturated rings. The van der Waals surface area contributed by atoms with Crippen LogP contribution < -0.4 is 21.7 Å². The van der Waals surface area contributed by atoms with E-state index in [0.29, 0.717) is 5.56 Å². The van der Waals surface area contributed by atoms with Gasteiger partial charge in [-0.25, -0.2) is 4.79 Å². The SMILES string of the molecule is CC(O)C(NC(=O)C(NC(=O)C(Cc1ccc(O)cc1)NC(=O)C(N)CC(=O)O)C(C)O)C(=O)O. The average Bonchev–Trinajstić information content (AvgIpc) is 2.75. The summed E-state index contributed by atoms with van der Waals surface area (Å²) in [5.41, 5.74) is 6.01. The Labute approximate surface area is 200 Å². The predicted octanol–water partition coefficient (Wildman–Crippen LogP) is -2.96. The molecular weight excluding hydrogens is 468 g/mol. The number of nitrogens with two attached hydrogens (primary N) is 1. The maximum Gasteiger partial charge on any atom is 0.328 e. The smallest absolute Gasteiger partial charge is 0.328 e. The number of nitrogens with one attached hydrogen (secondary N) is 3. The highest BCUT2D eigenvalue weighted by Crippen LogP contribution is 2.12. The van der Waals surface area contributed by atoms with Crippen LogP contribution in [0.15, 0.2) is 24.3 Å². The molecular formula is C21H30N4O10. The van der Waals surface area contributed by atoms with Crippen molar-refractivity contribution in [2.45, 2.75) is 63.1 Å². The molecule has 0 aliphatic heterocycles. The molecule has 10 N–H and O–H groups in total. The van der Waals surface area contributed by atoms with Gasteiger partial charge in [0.25, 0.3) is 0 Å². The number of phenolic OH excluding ortho intramolecular Hbond substituents is 1. The van der Waals surface area contributed by atoms with Crippen LogP contribution in [0.25, 0.3) is 0 Å². The van der Waals surface area contributed by atoms with Gasteiger partial charge in [-0.05, 0) is 31.5 Å². The number of carbonyl (C=O) groups excluding carboxylic acids is 3. The molecule has 14 heteroatoms. The molecule has 1 aromatic rings. The van der Waals surface area contributed by atoms with Gasteiger partial charge in [0.2, 0.25) is 17.7 Å². The summed E-state index contributed by atoms with van der Waals surface area (Å²) < 4.78 is 0. The van der Waals surface area contributed by atoms with Gasteiger partial charge in [-0.1, -0.05) is 12.1 Å². The summed E-state index contributed by atoms with van der Waals surface area (Å²) in [6.07, 6.45) is -3.88. The first kappa shape index (κ1) is 29.3. The largest absolute Gasteiger partial charge is 0.508 e. The predicted molar refractivity (Wildman–Crippen MR) is 119 cm³/mol. The summed E-state index contributed by atoms with van der Waals surface area (Å²) >= 11 is 0. The summed E-state index contributed by atoms with van der Waals surface area (Å²) in [4.78, 5) is 60.0. The number of phenols is 1. The van der Waals surface area contributed by atoms with E-state index in [1.165, 1.54) is 24.3 Å². The highest BCUT2D eigenvalue weighted by molar-refractivity contribution is 5.95. The van der Waals surface area contributed by atoms with E-state index < -0.39 is 72.5 Å². The Morgan fingerprint density at radius 1 is 0.829 bits per heavy atom. The van der Waals surface area contributed by atoms with Crippen molar-refractivity contribution in [3.05, 3.63) is 29.8 Å². The normalized spacial score (nSPS) is 16.0. The number of benzene rings is 1. The van der Waals surface area contributed by atoms with Gasteiger partial charge in [0.15, 0.2) is 6.04 Å². The Morgan fingerprint density at radius 2 is 1.34 bits per heavy atom. The van der Waals surface area contributed by atoms with Crippen molar-refractivity contribution in [1.82, 2.24) is 16.0 Å². The van der Waals surface area contributed by atoms with Crippen molar-refractivity contribution in [2.24, 2.45) is 5.73 Å². The summed E-state index contributed by atoms with van der Waals surface area (Å²) in [6.45, 7) is 2.28. The fourth-order valence-electron chi connectivity index (χ4n) is 2.93. The molecule has 14 nitrogen and oxygen atoms in total. The number of amides is 3. The minimum atomic E-state index is -1.72. The maximum atomic E-state index is 13.0. The van der Waals surface area contributed by atoms with Crippen molar-refractivity contribution in [1.29, 1.82) is 0 Å². The molecule has 3 amide bonds. The van der Waals surface area contributed by atoms with Gasteiger partial charge < -0.3 is 47.2 Å². The molecule has 35 heavy (non-hydrogen) atoms. The van der Waals surface area contributed by atoms with E-state index in [-0.39, 0.29) is 12.2 Å². The third kappa shape index (κ3) is 9.56. The van der Waals surface area contributed by atoms with Gasteiger partial charge in [-0.2, -0.15) is 0 Å². The first-order chi connectivity index (χ1) is 16.2. The molecule has 0 heterocycles. The quantitative estimate of drug-likeness (QED) is 0.133. The summed E-state index contributed by atoms with van der Waals surface area (Å²) in [5, 5.41) is 53.5. The number of carboxylic acids is 2. The van der Waals surface area contributed by atoms with E-state index in [0.717, 1.165) is 13.8 Å². The minimum absolute atomic E-state index is 0.0563. The van der Waals surface area contributed by atoms with Gasteiger partial charge in [-0.15, -0.1) is 0 Å². The summed E-state index contributed by atoms with van der Waals surface area (Å²) in [6, 6.07) is -0.700. The number of aliphatic hydroxyl groups excluding tert-OH is 2. The van der Waals surface area contributed by atoms with Crippen LogP contribution in [-0.2, 0) is 30.4 Å². The standard InChI is InChI=1S/C21H30N4O10/c1-9(26)16(20(33)25-17(10(2)27)21(34)35)24-19(32)14(7-11-3-5-12(28)6-4-11)23-18(31)13(22)8-15(29)30/h3-6,9-10,13-14,16-17,26-28H,7-8,22H2,1-2H3,(H,23,31)(H,24,32)(H,25,33)(H,29,30)(H,34,35). The van der Waals surface area contributed by atoms with E-state index >= 15 is 0 Å².